The van der Waals surface area contributed by atoms with Crippen LogP contribution in [0, 0.1) is 5.41 Å². The van der Waals surface area contributed by atoms with Gasteiger partial charge in [0.15, 0.2) is 0 Å². The van der Waals surface area contributed by atoms with Crippen molar-refractivity contribution >= 4 is 17.7 Å². The van der Waals surface area contributed by atoms with Crippen LogP contribution in [0.4, 0.5) is 0 Å². The minimum absolute atomic E-state index is 0.113. The quantitative estimate of drug-likeness (QED) is 0.787. The number of carbonyl (C=O) groups excluding carboxylic acids is 1. The second-order valence-electron chi connectivity index (χ2n) is 5.86. The van der Waals surface area contributed by atoms with E-state index in [9.17, 15) is 4.79 Å². The zero-order valence-corrected chi connectivity index (χ0v) is 12.4. The van der Waals surface area contributed by atoms with E-state index in [1.54, 1.807) is 0 Å². The van der Waals surface area contributed by atoms with E-state index in [1.165, 1.54) is 7.11 Å². The van der Waals surface area contributed by atoms with E-state index in [0.29, 0.717) is 6.04 Å². The van der Waals surface area contributed by atoms with Crippen molar-refractivity contribution in [2.45, 2.75) is 52.1 Å². The lowest BCUT2D eigenvalue weighted by molar-refractivity contribution is -0.149. The molecule has 1 aliphatic rings. The van der Waals surface area contributed by atoms with Crippen molar-refractivity contribution in [2.24, 2.45) is 5.41 Å². The van der Waals surface area contributed by atoms with Gasteiger partial charge in [0.1, 0.15) is 5.54 Å². The lowest BCUT2D eigenvalue weighted by Gasteiger charge is -2.44. The Morgan fingerprint density at radius 2 is 2.12 bits per heavy atom. The number of esters is 1. The van der Waals surface area contributed by atoms with Crippen LogP contribution in [-0.2, 0) is 9.53 Å². The Balaban J connectivity index is 2.89. The van der Waals surface area contributed by atoms with Crippen LogP contribution >= 0.6 is 11.8 Å². The van der Waals surface area contributed by atoms with Crippen LogP contribution in [0.3, 0.4) is 0 Å². The van der Waals surface area contributed by atoms with Crippen molar-refractivity contribution in [3.63, 3.8) is 0 Å². The summed E-state index contributed by atoms with van der Waals surface area (Å²) in [6.07, 6.45) is 1.87. The lowest BCUT2D eigenvalue weighted by Crippen LogP contribution is -2.61. The Bertz CT molecular complexity index is 281. The van der Waals surface area contributed by atoms with Gasteiger partial charge in [-0.05, 0) is 30.9 Å². The Labute approximate surface area is 109 Å². The van der Waals surface area contributed by atoms with Crippen LogP contribution in [-0.4, -0.2) is 36.2 Å². The topological polar surface area (TPSA) is 38.3 Å². The van der Waals surface area contributed by atoms with Gasteiger partial charge in [-0.2, -0.15) is 11.8 Å². The summed E-state index contributed by atoms with van der Waals surface area (Å²) in [5.74, 6) is 1.81. The van der Waals surface area contributed by atoms with Gasteiger partial charge >= 0.3 is 5.97 Å². The molecule has 100 valence electrons. The highest BCUT2D eigenvalue weighted by molar-refractivity contribution is 7.99. The summed E-state index contributed by atoms with van der Waals surface area (Å²) in [6, 6.07) is 0.337. The molecule has 1 rings (SSSR count). The summed E-state index contributed by atoms with van der Waals surface area (Å²) in [5, 5.41) is 3.49. The maximum atomic E-state index is 12.1. The average Bonchev–Trinajstić information content (AvgIpc) is 2.26. The molecule has 2 atom stereocenters. The molecule has 1 saturated heterocycles. The van der Waals surface area contributed by atoms with E-state index in [-0.39, 0.29) is 11.4 Å². The minimum atomic E-state index is -0.503. The Kier molecular flexibility index (Phi) is 4.90. The molecule has 0 spiro atoms. The van der Waals surface area contributed by atoms with Gasteiger partial charge in [-0.15, -0.1) is 0 Å². The molecule has 4 heteroatoms. The van der Waals surface area contributed by atoms with E-state index in [2.05, 4.69) is 33.0 Å². The molecule has 0 radical (unpaired) electrons. The third-order valence-electron chi connectivity index (χ3n) is 3.33. The van der Waals surface area contributed by atoms with Crippen molar-refractivity contribution in [2.75, 3.05) is 18.6 Å². The van der Waals surface area contributed by atoms with Crippen molar-refractivity contribution in [1.82, 2.24) is 5.32 Å². The Hall–Kier alpha value is -0.220. The first-order valence-corrected chi connectivity index (χ1v) is 7.44. The molecule has 3 nitrogen and oxygen atoms in total. The number of ether oxygens (including phenoxy) is 1. The summed E-state index contributed by atoms with van der Waals surface area (Å²) in [4.78, 5) is 12.1. The molecule has 0 aromatic carbocycles. The number of hydrogen-bond donors (Lipinski definition) is 1. The van der Waals surface area contributed by atoms with E-state index in [4.69, 9.17) is 4.74 Å². The first-order chi connectivity index (χ1) is 7.85. The van der Waals surface area contributed by atoms with Crippen molar-refractivity contribution in [3.05, 3.63) is 0 Å². The zero-order valence-electron chi connectivity index (χ0n) is 11.6. The first kappa shape index (κ1) is 14.8. The monoisotopic (exact) mass is 259 g/mol. The van der Waals surface area contributed by atoms with Gasteiger partial charge in [0.2, 0.25) is 0 Å². The van der Waals surface area contributed by atoms with Crippen molar-refractivity contribution in [1.29, 1.82) is 0 Å². The van der Waals surface area contributed by atoms with Gasteiger partial charge in [0.05, 0.1) is 7.11 Å². The van der Waals surface area contributed by atoms with E-state index in [0.717, 1.165) is 24.3 Å². The molecule has 2 unspecified atom stereocenters. The molecule has 0 amide bonds. The summed E-state index contributed by atoms with van der Waals surface area (Å²) in [7, 11) is 1.48. The van der Waals surface area contributed by atoms with Gasteiger partial charge in [-0.25, -0.2) is 0 Å². The third kappa shape index (κ3) is 3.62. The fraction of sp³-hybridized carbons (Fsp3) is 0.923. The molecule has 1 fully saturated rings. The largest absolute Gasteiger partial charge is 0.468 e. The molecular formula is C13H25NO2S. The van der Waals surface area contributed by atoms with Gasteiger partial charge in [-0.1, -0.05) is 20.8 Å². The number of hydrogen-bond acceptors (Lipinski definition) is 4. The predicted octanol–water partition coefficient (Wildman–Crippen LogP) is 2.45. The molecule has 17 heavy (non-hydrogen) atoms. The summed E-state index contributed by atoms with van der Waals surface area (Å²) in [5.41, 5.74) is -0.325. The van der Waals surface area contributed by atoms with Gasteiger partial charge in [0.25, 0.3) is 0 Å². The second-order valence-corrected chi connectivity index (χ2v) is 6.85. The maximum Gasteiger partial charge on any atom is 0.326 e. The van der Waals surface area contributed by atoms with Gasteiger partial charge < -0.3 is 4.74 Å². The van der Waals surface area contributed by atoms with Crippen LogP contribution in [0.25, 0.3) is 0 Å². The Morgan fingerprint density at radius 1 is 1.47 bits per heavy atom. The minimum Gasteiger partial charge on any atom is -0.468 e. The third-order valence-corrected chi connectivity index (χ3v) is 5.02. The standard InChI is InChI=1S/C13H25NO2S/c1-6-10(2)14-13(11(15)16-5)7-12(3,4)8-17-9-13/h10,14H,6-9H2,1-5H3. The SMILES string of the molecule is CCC(C)NC1(C(=O)OC)CSCC(C)(C)C1. The summed E-state index contributed by atoms with van der Waals surface area (Å²) in [6.45, 7) is 8.69. The highest BCUT2D eigenvalue weighted by Crippen LogP contribution is 2.40. The predicted molar refractivity (Wildman–Crippen MR) is 73.4 cm³/mol. The second kappa shape index (κ2) is 5.61. The van der Waals surface area contributed by atoms with Crippen molar-refractivity contribution in [3.8, 4) is 0 Å². The van der Waals surface area contributed by atoms with Crippen LogP contribution < -0.4 is 5.32 Å². The molecule has 0 aliphatic carbocycles. The van der Waals surface area contributed by atoms with Gasteiger partial charge in [0, 0.05) is 11.8 Å². The Morgan fingerprint density at radius 3 is 2.59 bits per heavy atom. The molecule has 0 saturated carbocycles. The normalized spacial score (nSPS) is 29.7. The molecular weight excluding hydrogens is 234 g/mol. The summed E-state index contributed by atoms with van der Waals surface area (Å²) >= 11 is 1.84. The first-order valence-electron chi connectivity index (χ1n) is 6.29. The average molecular weight is 259 g/mol. The number of carbonyl (C=O) groups is 1. The summed E-state index contributed by atoms with van der Waals surface area (Å²) < 4.78 is 5.02. The van der Waals surface area contributed by atoms with Gasteiger partial charge in [-0.3, -0.25) is 10.1 Å². The molecule has 0 aromatic heterocycles. The van der Waals surface area contributed by atoms with E-state index in [1.807, 2.05) is 11.8 Å². The molecule has 1 aliphatic heterocycles. The van der Waals surface area contributed by atoms with Crippen LogP contribution in [0.5, 0.6) is 0 Å². The lowest BCUT2D eigenvalue weighted by atomic mass is 9.79. The van der Waals surface area contributed by atoms with Crippen molar-refractivity contribution < 1.29 is 9.53 Å². The maximum absolute atomic E-state index is 12.1. The molecule has 0 bridgehead atoms. The highest BCUT2D eigenvalue weighted by atomic mass is 32.2. The molecule has 0 aromatic rings. The van der Waals surface area contributed by atoms with E-state index >= 15 is 0 Å². The van der Waals surface area contributed by atoms with Crippen LogP contribution in [0.2, 0.25) is 0 Å². The fourth-order valence-corrected chi connectivity index (χ4v) is 3.88. The zero-order chi connectivity index (χ0) is 13.1. The highest BCUT2D eigenvalue weighted by Gasteiger charge is 2.47. The smallest absolute Gasteiger partial charge is 0.326 e. The van der Waals surface area contributed by atoms with Crippen LogP contribution in [0.1, 0.15) is 40.5 Å². The van der Waals surface area contributed by atoms with E-state index < -0.39 is 5.54 Å². The number of thioether (sulfide) groups is 1. The number of nitrogens with one attached hydrogen (secondary N) is 1. The van der Waals surface area contributed by atoms with Crippen LogP contribution in [0.15, 0.2) is 0 Å². The number of rotatable bonds is 4. The fourth-order valence-electron chi connectivity index (χ4n) is 2.47. The molecule has 1 N–H and O–H groups in total. The molecule has 1 heterocycles. The number of methoxy groups -OCH3 is 1.